The summed E-state index contributed by atoms with van der Waals surface area (Å²) in [6, 6.07) is 11.9. The van der Waals surface area contributed by atoms with E-state index in [0.29, 0.717) is 18.4 Å². The number of hydrogen-bond acceptors (Lipinski definition) is 6. The molecule has 190 valence electrons. The fourth-order valence-electron chi connectivity index (χ4n) is 4.81. The van der Waals surface area contributed by atoms with Gasteiger partial charge in [0.05, 0.1) is 13.2 Å². The van der Waals surface area contributed by atoms with Crippen LogP contribution >= 0.6 is 0 Å². The third kappa shape index (κ3) is 4.31. The minimum atomic E-state index is -3.82. The predicted molar refractivity (Wildman–Crippen MR) is 125 cm³/mol. The van der Waals surface area contributed by atoms with Crippen molar-refractivity contribution in [2.45, 2.75) is 43.1 Å². The van der Waals surface area contributed by atoms with Crippen molar-refractivity contribution in [1.82, 2.24) is 14.8 Å². The lowest BCUT2D eigenvalue weighted by Crippen LogP contribution is -2.60. The Morgan fingerprint density at radius 1 is 1.14 bits per heavy atom. The molecule has 3 aromatic rings. The van der Waals surface area contributed by atoms with Crippen LogP contribution in [0.4, 0.5) is 8.78 Å². The summed E-state index contributed by atoms with van der Waals surface area (Å²) in [5, 5.41) is 5.48. The summed E-state index contributed by atoms with van der Waals surface area (Å²) in [5.41, 5.74) is -0.771. The van der Waals surface area contributed by atoms with Gasteiger partial charge in [-0.25, -0.2) is 17.2 Å². The molecule has 2 aliphatic heterocycles. The van der Waals surface area contributed by atoms with E-state index in [1.54, 1.807) is 31.2 Å². The highest BCUT2D eigenvalue weighted by Gasteiger charge is 2.45. The third-order valence-electron chi connectivity index (χ3n) is 6.89. The molecule has 11 heteroatoms. The second kappa shape index (κ2) is 9.38. The molecule has 2 atom stereocenters. The van der Waals surface area contributed by atoms with E-state index in [-0.39, 0.29) is 42.6 Å². The molecule has 5 rings (SSSR count). The molecule has 2 saturated heterocycles. The molecule has 2 aliphatic rings. The van der Waals surface area contributed by atoms with Crippen LogP contribution in [0.15, 0.2) is 59.3 Å². The third-order valence-corrected chi connectivity index (χ3v) is 9.26. The van der Waals surface area contributed by atoms with E-state index >= 15 is 8.78 Å². The molecule has 2 fully saturated rings. The number of carbonyl (C=O) groups excluding carboxylic acids is 1. The second-order valence-corrected chi connectivity index (χ2v) is 11.3. The number of benzene rings is 2. The van der Waals surface area contributed by atoms with E-state index in [2.05, 4.69) is 15.0 Å². The normalized spacial score (nSPS) is 23.1. The summed E-state index contributed by atoms with van der Waals surface area (Å²) in [6.45, 7) is 1.36. The van der Waals surface area contributed by atoms with Gasteiger partial charge in [-0.05, 0) is 37.5 Å². The Morgan fingerprint density at radius 2 is 1.89 bits per heavy atom. The number of nitrogens with zero attached hydrogens (tertiary/aromatic N) is 2. The zero-order valence-electron chi connectivity index (χ0n) is 19.5. The Kier molecular flexibility index (Phi) is 6.39. The predicted octanol–water partition coefficient (Wildman–Crippen LogP) is 3.66. The maximum atomic E-state index is 15.3. The van der Waals surface area contributed by atoms with Crippen LogP contribution < -0.4 is 5.32 Å². The summed E-state index contributed by atoms with van der Waals surface area (Å²) in [7, 11) is -3.82. The number of hydrogen-bond donors (Lipinski definition) is 1. The Balaban J connectivity index is 1.42. The van der Waals surface area contributed by atoms with E-state index in [0.717, 1.165) is 12.1 Å². The van der Waals surface area contributed by atoms with Gasteiger partial charge in [-0.3, -0.25) is 4.79 Å². The lowest BCUT2D eigenvalue weighted by Gasteiger charge is -2.42. The minimum absolute atomic E-state index is 0.00367. The highest BCUT2D eigenvalue weighted by atomic mass is 32.2. The lowest BCUT2D eigenvalue weighted by atomic mass is 9.86. The number of amides is 1. The number of halogens is 2. The number of sulfonamides is 1. The number of carbonyl (C=O) groups is 1. The van der Waals surface area contributed by atoms with Gasteiger partial charge in [-0.2, -0.15) is 4.31 Å². The van der Waals surface area contributed by atoms with Crippen LogP contribution in [0.5, 0.6) is 0 Å². The van der Waals surface area contributed by atoms with E-state index in [1.165, 1.54) is 16.6 Å². The minimum Gasteiger partial charge on any atom is -0.376 e. The van der Waals surface area contributed by atoms with Gasteiger partial charge in [0.2, 0.25) is 10.0 Å². The molecule has 1 aromatic heterocycles. The first kappa shape index (κ1) is 24.5. The first-order chi connectivity index (χ1) is 17.2. The van der Waals surface area contributed by atoms with Crippen molar-refractivity contribution in [3.63, 3.8) is 0 Å². The summed E-state index contributed by atoms with van der Waals surface area (Å²) < 4.78 is 68.7. The van der Waals surface area contributed by atoms with Gasteiger partial charge in [-0.15, -0.1) is 0 Å². The molecule has 0 spiro atoms. The molecule has 0 aliphatic carbocycles. The standard InChI is InChI=1S/C25H25F2N3O5S/c1-16-7-8-23(17-5-3-2-4-6-17)36(32,33)30(16)13-18-11-21(27)19(12-20(18)26)25(14-34-15-25)28-24(31)22-9-10-35-29-22/h2-6,9-12,16,23H,7-8,13-15H2,1H3,(H,28,31)/t16-,23+/m0/s1. The quantitative estimate of drug-likeness (QED) is 0.536. The highest BCUT2D eigenvalue weighted by Crippen LogP contribution is 2.39. The van der Waals surface area contributed by atoms with Crippen molar-refractivity contribution in [2.75, 3.05) is 13.2 Å². The van der Waals surface area contributed by atoms with E-state index in [9.17, 15) is 13.2 Å². The van der Waals surface area contributed by atoms with Crippen LogP contribution in [0.1, 0.15) is 52.2 Å². The van der Waals surface area contributed by atoms with Crippen LogP contribution in [0, 0.1) is 11.6 Å². The van der Waals surface area contributed by atoms with Gasteiger partial charge >= 0.3 is 0 Å². The van der Waals surface area contributed by atoms with Gasteiger partial charge in [0, 0.05) is 29.8 Å². The molecule has 36 heavy (non-hydrogen) atoms. The molecular formula is C25H25F2N3O5S. The van der Waals surface area contributed by atoms with Crippen LogP contribution in [0.25, 0.3) is 0 Å². The van der Waals surface area contributed by atoms with E-state index < -0.39 is 38.4 Å². The SMILES string of the molecule is C[C@H]1CC[C@H](c2ccccc2)S(=O)(=O)N1Cc1cc(F)c(C2(NC(=O)c3ccon3)COC2)cc1F. The van der Waals surface area contributed by atoms with Crippen LogP contribution in [0.2, 0.25) is 0 Å². The number of rotatable bonds is 6. The molecule has 3 heterocycles. The highest BCUT2D eigenvalue weighted by molar-refractivity contribution is 7.89. The van der Waals surface area contributed by atoms with Gasteiger partial charge in [-0.1, -0.05) is 35.5 Å². The van der Waals surface area contributed by atoms with E-state index in [4.69, 9.17) is 4.74 Å². The summed E-state index contributed by atoms with van der Waals surface area (Å²) in [5.74, 6) is -2.15. The average molecular weight is 518 g/mol. The molecule has 8 nitrogen and oxygen atoms in total. The van der Waals surface area contributed by atoms with Crippen molar-refractivity contribution in [3.8, 4) is 0 Å². The molecule has 1 amide bonds. The number of nitrogens with one attached hydrogen (secondary N) is 1. The van der Waals surface area contributed by atoms with Crippen LogP contribution in [-0.4, -0.2) is 43.0 Å². The zero-order chi connectivity index (χ0) is 25.5. The Hall–Kier alpha value is -3.15. The van der Waals surface area contributed by atoms with Crippen molar-refractivity contribution in [2.24, 2.45) is 0 Å². The monoisotopic (exact) mass is 517 g/mol. The first-order valence-corrected chi connectivity index (χ1v) is 13.1. The second-order valence-electron chi connectivity index (χ2n) is 9.25. The van der Waals surface area contributed by atoms with Crippen molar-refractivity contribution < 1.29 is 31.3 Å². The zero-order valence-corrected chi connectivity index (χ0v) is 20.3. The molecule has 0 radical (unpaired) electrons. The maximum absolute atomic E-state index is 15.3. The largest absolute Gasteiger partial charge is 0.376 e. The molecule has 0 saturated carbocycles. The molecule has 0 unspecified atom stereocenters. The summed E-state index contributed by atoms with van der Waals surface area (Å²) in [4.78, 5) is 12.5. The van der Waals surface area contributed by atoms with Gasteiger partial charge in [0.15, 0.2) is 5.69 Å². The lowest BCUT2D eigenvalue weighted by molar-refractivity contribution is -0.0751. The Bertz CT molecular complexity index is 1360. The van der Waals surface area contributed by atoms with Crippen molar-refractivity contribution in [3.05, 3.63) is 88.8 Å². The summed E-state index contributed by atoms with van der Waals surface area (Å²) in [6.07, 6.45) is 2.27. The fourth-order valence-corrected chi connectivity index (χ4v) is 7.00. The summed E-state index contributed by atoms with van der Waals surface area (Å²) >= 11 is 0. The fraction of sp³-hybridized carbons (Fsp3) is 0.360. The van der Waals surface area contributed by atoms with Gasteiger partial charge in [0.1, 0.15) is 28.7 Å². The maximum Gasteiger partial charge on any atom is 0.274 e. The van der Waals surface area contributed by atoms with Crippen molar-refractivity contribution in [1.29, 1.82) is 0 Å². The molecule has 0 bridgehead atoms. The van der Waals surface area contributed by atoms with Crippen LogP contribution in [0.3, 0.4) is 0 Å². The smallest absolute Gasteiger partial charge is 0.274 e. The molecule has 1 N–H and O–H groups in total. The topological polar surface area (TPSA) is 102 Å². The molecular weight excluding hydrogens is 492 g/mol. The number of aromatic nitrogens is 1. The van der Waals surface area contributed by atoms with Crippen molar-refractivity contribution >= 4 is 15.9 Å². The van der Waals surface area contributed by atoms with Gasteiger partial charge < -0.3 is 14.6 Å². The first-order valence-electron chi connectivity index (χ1n) is 11.6. The van der Waals surface area contributed by atoms with E-state index in [1.807, 2.05) is 6.07 Å². The Morgan fingerprint density at radius 3 is 2.53 bits per heavy atom. The Labute approximate surface area is 207 Å². The number of ether oxygens (including phenoxy) is 1. The molecule has 2 aromatic carbocycles. The van der Waals surface area contributed by atoms with Gasteiger partial charge in [0.25, 0.3) is 5.91 Å². The van der Waals surface area contributed by atoms with Crippen LogP contribution in [-0.2, 0) is 26.8 Å². The average Bonchev–Trinajstić information content (AvgIpc) is 3.37.